The van der Waals surface area contributed by atoms with Crippen LogP contribution < -0.4 is 4.90 Å². The second-order valence-electron chi connectivity index (χ2n) is 5.48. The fourth-order valence-electron chi connectivity index (χ4n) is 3.30. The largest absolute Gasteiger partial charge is 0.391 e. The molecule has 4 nitrogen and oxygen atoms in total. The highest BCUT2D eigenvalue weighted by Gasteiger charge is 2.25. The first-order valence-electron chi connectivity index (χ1n) is 7.01. The Bertz CT molecular complexity index is 624. The van der Waals surface area contributed by atoms with E-state index < -0.39 is 0 Å². The first-order valence-corrected chi connectivity index (χ1v) is 7.83. The third kappa shape index (κ3) is 1.83. The van der Waals surface area contributed by atoms with Gasteiger partial charge in [-0.2, -0.15) is 0 Å². The molecule has 0 aromatic carbocycles. The van der Waals surface area contributed by atoms with E-state index in [4.69, 9.17) is 0 Å². The number of aliphatic hydroxyl groups is 1. The summed E-state index contributed by atoms with van der Waals surface area (Å²) in [6.07, 6.45) is 7.01. The van der Waals surface area contributed by atoms with E-state index >= 15 is 0 Å². The molecule has 0 radical (unpaired) electrons. The summed E-state index contributed by atoms with van der Waals surface area (Å²) in [5.41, 5.74) is 1.47. The lowest BCUT2D eigenvalue weighted by Gasteiger charge is -2.31. The van der Waals surface area contributed by atoms with Gasteiger partial charge in [-0.05, 0) is 37.7 Å². The number of hydrogen-bond acceptors (Lipinski definition) is 5. The zero-order chi connectivity index (χ0) is 12.8. The average Bonchev–Trinajstić information content (AvgIpc) is 2.98. The van der Waals surface area contributed by atoms with Crippen LogP contribution in [0.3, 0.4) is 0 Å². The van der Waals surface area contributed by atoms with Gasteiger partial charge in [-0.25, -0.2) is 9.97 Å². The Kier molecular flexibility index (Phi) is 2.70. The van der Waals surface area contributed by atoms with Crippen molar-refractivity contribution in [2.75, 3.05) is 18.0 Å². The van der Waals surface area contributed by atoms with E-state index in [0.29, 0.717) is 6.54 Å². The number of piperidine rings is 1. The Hall–Kier alpha value is -1.20. The molecule has 0 bridgehead atoms. The molecule has 2 aromatic rings. The highest BCUT2D eigenvalue weighted by Crippen LogP contribution is 2.40. The summed E-state index contributed by atoms with van der Waals surface area (Å²) >= 11 is 1.83. The second-order valence-corrected chi connectivity index (χ2v) is 6.56. The molecule has 2 aromatic heterocycles. The van der Waals surface area contributed by atoms with Gasteiger partial charge in [0.05, 0.1) is 11.5 Å². The zero-order valence-corrected chi connectivity index (χ0v) is 11.6. The van der Waals surface area contributed by atoms with E-state index in [2.05, 4.69) is 14.9 Å². The van der Waals surface area contributed by atoms with Crippen molar-refractivity contribution in [1.29, 1.82) is 0 Å². The topological polar surface area (TPSA) is 49.2 Å². The van der Waals surface area contributed by atoms with Gasteiger partial charge < -0.3 is 10.0 Å². The van der Waals surface area contributed by atoms with E-state index in [1.165, 1.54) is 28.7 Å². The van der Waals surface area contributed by atoms with Crippen LogP contribution in [0.5, 0.6) is 0 Å². The molecule has 3 heterocycles. The monoisotopic (exact) mass is 275 g/mol. The summed E-state index contributed by atoms with van der Waals surface area (Å²) in [5.74, 6) is 1.04. The van der Waals surface area contributed by atoms with E-state index in [9.17, 15) is 5.11 Å². The van der Waals surface area contributed by atoms with Crippen molar-refractivity contribution in [1.82, 2.24) is 9.97 Å². The normalized spacial score (nSPS) is 23.0. The Morgan fingerprint density at radius 2 is 2.21 bits per heavy atom. The molecule has 4 rings (SSSR count). The standard InChI is InChI=1S/C14H17N3OS/c18-9-3-2-6-17(7-9)13-12-10-4-1-5-11(10)19-14(12)16-8-15-13/h8-9,18H,1-7H2/t9-/m0/s1. The Balaban J connectivity index is 1.85. The number of fused-ring (bicyclic) bond motifs is 3. The molecule has 1 N–H and O–H groups in total. The summed E-state index contributed by atoms with van der Waals surface area (Å²) < 4.78 is 0. The van der Waals surface area contributed by atoms with Crippen molar-refractivity contribution in [3.8, 4) is 0 Å². The molecule has 1 saturated heterocycles. The maximum absolute atomic E-state index is 9.87. The van der Waals surface area contributed by atoms with Gasteiger partial charge in [-0.3, -0.25) is 0 Å². The number of nitrogens with zero attached hydrogens (tertiary/aromatic N) is 3. The van der Waals surface area contributed by atoms with Crippen molar-refractivity contribution >= 4 is 27.4 Å². The highest BCUT2D eigenvalue weighted by molar-refractivity contribution is 7.19. The molecule has 1 fully saturated rings. The molecule has 2 aliphatic rings. The summed E-state index contributed by atoms with van der Waals surface area (Å²) in [6.45, 7) is 1.70. The lowest BCUT2D eigenvalue weighted by atomic mass is 10.1. The predicted octanol–water partition coefficient (Wildman–Crippen LogP) is 2.14. The van der Waals surface area contributed by atoms with Crippen molar-refractivity contribution < 1.29 is 5.11 Å². The fraction of sp³-hybridized carbons (Fsp3) is 0.571. The van der Waals surface area contributed by atoms with Crippen LogP contribution in [0.2, 0.25) is 0 Å². The number of aryl methyl sites for hydroxylation is 2. The Morgan fingerprint density at radius 1 is 1.26 bits per heavy atom. The van der Waals surface area contributed by atoms with Gasteiger partial charge in [0.25, 0.3) is 0 Å². The van der Waals surface area contributed by atoms with Gasteiger partial charge in [0.1, 0.15) is 17.0 Å². The van der Waals surface area contributed by atoms with Gasteiger partial charge in [0.15, 0.2) is 0 Å². The van der Waals surface area contributed by atoms with Crippen LogP contribution in [-0.2, 0) is 12.8 Å². The fourth-order valence-corrected chi connectivity index (χ4v) is 4.52. The lowest BCUT2D eigenvalue weighted by Crippen LogP contribution is -2.38. The first-order chi connectivity index (χ1) is 9.33. The number of β-amino-alcohol motifs (C(OH)–C–C–N with tert-alkyl or cyclic N) is 1. The average molecular weight is 275 g/mol. The van der Waals surface area contributed by atoms with E-state index in [1.54, 1.807) is 6.33 Å². The number of rotatable bonds is 1. The highest BCUT2D eigenvalue weighted by atomic mass is 32.1. The van der Waals surface area contributed by atoms with Crippen LogP contribution in [0.1, 0.15) is 29.7 Å². The van der Waals surface area contributed by atoms with E-state index in [1.807, 2.05) is 11.3 Å². The second kappa shape index (κ2) is 4.42. The summed E-state index contributed by atoms with van der Waals surface area (Å²) in [7, 11) is 0. The van der Waals surface area contributed by atoms with Crippen LogP contribution in [0.15, 0.2) is 6.33 Å². The summed E-state index contributed by atoms with van der Waals surface area (Å²) in [6, 6.07) is 0. The number of aliphatic hydroxyl groups excluding tert-OH is 1. The van der Waals surface area contributed by atoms with E-state index in [-0.39, 0.29) is 6.10 Å². The predicted molar refractivity (Wildman–Crippen MR) is 76.9 cm³/mol. The van der Waals surface area contributed by atoms with Crippen LogP contribution in [0.25, 0.3) is 10.2 Å². The third-order valence-corrected chi connectivity index (χ3v) is 5.38. The number of anilines is 1. The van der Waals surface area contributed by atoms with Crippen LogP contribution in [0, 0.1) is 0 Å². The quantitative estimate of drug-likeness (QED) is 0.866. The maximum atomic E-state index is 9.87. The van der Waals surface area contributed by atoms with Gasteiger partial charge in [-0.15, -0.1) is 11.3 Å². The van der Waals surface area contributed by atoms with Gasteiger partial charge in [0, 0.05) is 18.0 Å². The Morgan fingerprint density at radius 3 is 3.11 bits per heavy atom. The van der Waals surface area contributed by atoms with Crippen molar-refractivity contribution in [2.45, 2.75) is 38.2 Å². The molecule has 0 amide bonds. The molecule has 0 saturated carbocycles. The molecule has 0 spiro atoms. The van der Waals surface area contributed by atoms with Gasteiger partial charge in [-0.1, -0.05) is 0 Å². The minimum Gasteiger partial charge on any atom is -0.391 e. The smallest absolute Gasteiger partial charge is 0.141 e. The first kappa shape index (κ1) is 11.6. The molecular formula is C14H17N3OS. The van der Waals surface area contributed by atoms with Crippen LogP contribution in [-0.4, -0.2) is 34.3 Å². The van der Waals surface area contributed by atoms with Gasteiger partial charge >= 0.3 is 0 Å². The number of thiophene rings is 1. The number of aromatic nitrogens is 2. The van der Waals surface area contributed by atoms with Crippen molar-refractivity contribution in [3.63, 3.8) is 0 Å². The molecule has 0 unspecified atom stereocenters. The zero-order valence-electron chi connectivity index (χ0n) is 10.8. The Labute approximate surface area is 116 Å². The molecule has 19 heavy (non-hydrogen) atoms. The SMILES string of the molecule is O[C@H]1CCCN(c2ncnc3sc4c(c23)CCC4)C1. The molecule has 1 aliphatic heterocycles. The molecule has 1 atom stereocenters. The van der Waals surface area contributed by atoms with E-state index in [0.717, 1.165) is 36.5 Å². The lowest BCUT2D eigenvalue weighted by molar-refractivity contribution is 0.154. The minimum absolute atomic E-state index is 0.217. The minimum atomic E-state index is -0.217. The molecular weight excluding hydrogens is 258 g/mol. The maximum Gasteiger partial charge on any atom is 0.141 e. The van der Waals surface area contributed by atoms with Crippen LogP contribution in [0.4, 0.5) is 5.82 Å². The molecule has 100 valence electrons. The molecule has 1 aliphatic carbocycles. The third-order valence-electron chi connectivity index (χ3n) is 4.18. The van der Waals surface area contributed by atoms with Crippen LogP contribution >= 0.6 is 11.3 Å². The van der Waals surface area contributed by atoms with Gasteiger partial charge in [0.2, 0.25) is 0 Å². The van der Waals surface area contributed by atoms with Crippen molar-refractivity contribution in [3.05, 3.63) is 16.8 Å². The molecule has 5 heteroatoms. The summed E-state index contributed by atoms with van der Waals surface area (Å²) in [4.78, 5) is 13.8. The van der Waals surface area contributed by atoms with Crippen molar-refractivity contribution in [2.24, 2.45) is 0 Å². The summed E-state index contributed by atoms with van der Waals surface area (Å²) in [5, 5.41) is 11.1. The number of hydrogen-bond donors (Lipinski definition) is 1.